The molecule has 7 heteroatoms. The number of rotatable bonds is 6. The molecule has 0 saturated carbocycles. The smallest absolute Gasteiger partial charge is 0.311 e. The lowest BCUT2D eigenvalue weighted by atomic mass is 10.2. The molecule has 3 N–H and O–H groups in total. The standard InChI is InChI=1S/C10H13N3O4/c1-17-9-6-7(12-5-4-10(11)14)2-3-8(9)13(15)16/h2-3,6,12H,4-5H2,1H3,(H2,11,14). The summed E-state index contributed by atoms with van der Waals surface area (Å²) in [5.41, 5.74) is 5.51. The van der Waals surface area contributed by atoms with Gasteiger partial charge in [0.2, 0.25) is 5.91 Å². The van der Waals surface area contributed by atoms with Crippen molar-refractivity contribution in [3.63, 3.8) is 0 Å². The number of nitrogens with two attached hydrogens (primary N) is 1. The van der Waals surface area contributed by atoms with Crippen LogP contribution in [0.3, 0.4) is 0 Å². The normalized spacial score (nSPS) is 9.71. The fraction of sp³-hybridized carbons (Fsp3) is 0.300. The average molecular weight is 239 g/mol. The van der Waals surface area contributed by atoms with Crippen molar-refractivity contribution >= 4 is 17.3 Å². The van der Waals surface area contributed by atoms with Crippen LogP contribution in [0, 0.1) is 10.1 Å². The summed E-state index contributed by atoms with van der Waals surface area (Å²) < 4.78 is 4.90. The van der Waals surface area contributed by atoms with Gasteiger partial charge in [-0.3, -0.25) is 14.9 Å². The van der Waals surface area contributed by atoms with Crippen molar-refractivity contribution in [2.75, 3.05) is 19.0 Å². The minimum Gasteiger partial charge on any atom is -0.490 e. The summed E-state index contributed by atoms with van der Waals surface area (Å²) in [5.74, 6) is -0.245. The van der Waals surface area contributed by atoms with Gasteiger partial charge in [-0.1, -0.05) is 0 Å². The molecule has 0 aliphatic heterocycles. The fourth-order valence-electron chi connectivity index (χ4n) is 1.27. The molecule has 7 nitrogen and oxygen atoms in total. The number of nitro benzene ring substituents is 1. The van der Waals surface area contributed by atoms with Crippen molar-refractivity contribution < 1.29 is 14.5 Å². The third kappa shape index (κ3) is 3.63. The summed E-state index contributed by atoms with van der Waals surface area (Å²) in [6.07, 6.45) is 0.194. The summed E-state index contributed by atoms with van der Waals surface area (Å²) in [7, 11) is 1.36. The molecule has 0 aliphatic rings. The quantitative estimate of drug-likeness (QED) is 0.566. The number of nitro groups is 1. The fourth-order valence-corrected chi connectivity index (χ4v) is 1.27. The molecule has 0 heterocycles. The number of methoxy groups -OCH3 is 1. The van der Waals surface area contributed by atoms with Gasteiger partial charge in [0.15, 0.2) is 5.75 Å². The number of hydrogen-bond acceptors (Lipinski definition) is 5. The summed E-state index contributed by atoms with van der Waals surface area (Å²) in [5, 5.41) is 13.6. The van der Waals surface area contributed by atoms with E-state index in [4.69, 9.17) is 10.5 Å². The Hall–Kier alpha value is -2.31. The van der Waals surface area contributed by atoms with Crippen molar-refractivity contribution in [3.8, 4) is 5.75 Å². The molecule has 17 heavy (non-hydrogen) atoms. The van der Waals surface area contributed by atoms with Crippen molar-refractivity contribution in [1.82, 2.24) is 0 Å². The van der Waals surface area contributed by atoms with E-state index in [0.717, 1.165) is 0 Å². The van der Waals surface area contributed by atoms with E-state index < -0.39 is 10.8 Å². The third-order valence-corrected chi connectivity index (χ3v) is 2.08. The zero-order valence-electron chi connectivity index (χ0n) is 9.30. The Bertz CT molecular complexity index is 434. The van der Waals surface area contributed by atoms with Crippen LogP contribution in [0.15, 0.2) is 18.2 Å². The number of ether oxygens (including phenoxy) is 1. The van der Waals surface area contributed by atoms with E-state index in [1.807, 2.05) is 0 Å². The van der Waals surface area contributed by atoms with E-state index in [1.165, 1.54) is 19.2 Å². The molecule has 0 spiro atoms. The van der Waals surface area contributed by atoms with Crippen LogP contribution >= 0.6 is 0 Å². The number of nitrogens with one attached hydrogen (secondary N) is 1. The lowest BCUT2D eigenvalue weighted by Crippen LogP contribution is -2.15. The molecule has 0 aliphatic carbocycles. The summed E-state index contributed by atoms with van der Waals surface area (Å²) in [6.45, 7) is 0.371. The Kier molecular flexibility index (Phi) is 4.27. The van der Waals surface area contributed by atoms with Gasteiger partial charge in [0.05, 0.1) is 12.0 Å². The van der Waals surface area contributed by atoms with Crippen LogP contribution < -0.4 is 15.8 Å². The van der Waals surface area contributed by atoms with Crippen LogP contribution in [0.5, 0.6) is 5.75 Å². The summed E-state index contributed by atoms with van der Waals surface area (Å²) >= 11 is 0. The number of carbonyl (C=O) groups is 1. The predicted octanol–water partition coefficient (Wildman–Crippen LogP) is 0.891. The van der Waals surface area contributed by atoms with Gasteiger partial charge in [-0.05, 0) is 6.07 Å². The molecule has 0 aromatic heterocycles. The SMILES string of the molecule is COc1cc(NCCC(N)=O)ccc1[N+](=O)[O-]. The van der Waals surface area contributed by atoms with Gasteiger partial charge in [0.1, 0.15) is 0 Å². The van der Waals surface area contributed by atoms with Crippen molar-refractivity contribution in [2.24, 2.45) is 5.73 Å². The number of nitrogens with zero attached hydrogens (tertiary/aromatic N) is 1. The molecule has 0 unspecified atom stereocenters. The Balaban J connectivity index is 2.75. The number of anilines is 1. The summed E-state index contributed by atoms with van der Waals surface area (Å²) in [6, 6.07) is 4.38. The predicted molar refractivity (Wildman–Crippen MR) is 61.9 cm³/mol. The van der Waals surface area contributed by atoms with Crippen LogP contribution in [0.2, 0.25) is 0 Å². The number of amides is 1. The van der Waals surface area contributed by atoms with Gasteiger partial charge in [-0.2, -0.15) is 0 Å². The molecular formula is C10H13N3O4. The Morgan fingerprint density at radius 2 is 2.29 bits per heavy atom. The molecule has 1 rings (SSSR count). The topological polar surface area (TPSA) is 107 Å². The highest BCUT2D eigenvalue weighted by Crippen LogP contribution is 2.29. The van der Waals surface area contributed by atoms with Gasteiger partial charge >= 0.3 is 5.69 Å². The van der Waals surface area contributed by atoms with Crippen LogP contribution in [-0.2, 0) is 4.79 Å². The minimum absolute atomic E-state index is 0.104. The lowest BCUT2D eigenvalue weighted by molar-refractivity contribution is -0.385. The number of carbonyl (C=O) groups excluding carboxylic acids is 1. The lowest BCUT2D eigenvalue weighted by Gasteiger charge is -2.07. The summed E-state index contributed by atoms with van der Waals surface area (Å²) in [4.78, 5) is 20.6. The zero-order chi connectivity index (χ0) is 12.8. The second kappa shape index (κ2) is 5.69. The molecule has 1 amide bonds. The van der Waals surface area contributed by atoms with Crippen LogP contribution in [0.25, 0.3) is 0 Å². The zero-order valence-corrected chi connectivity index (χ0v) is 9.30. The monoisotopic (exact) mass is 239 g/mol. The van der Waals surface area contributed by atoms with Gasteiger partial charge in [0.25, 0.3) is 0 Å². The van der Waals surface area contributed by atoms with Crippen LogP contribution in [-0.4, -0.2) is 24.5 Å². The number of primary amides is 1. The molecule has 0 bridgehead atoms. The van der Waals surface area contributed by atoms with Crippen LogP contribution in [0.1, 0.15) is 6.42 Å². The Morgan fingerprint density at radius 1 is 1.59 bits per heavy atom. The largest absolute Gasteiger partial charge is 0.490 e. The van der Waals surface area contributed by atoms with Gasteiger partial charge in [0, 0.05) is 30.8 Å². The second-order valence-electron chi connectivity index (χ2n) is 3.29. The highest BCUT2D eigenvalue weighted by molar-refractivity contribution is 5.74. The Morgan fingerprint density at radius 3 is 2.82 bits per heavy atom. The Labute approximate surface area is 97.7 Å². The molecule has 1 aromatic rings. The molecule has 92 valence electrons. The molecular weight excluding hydrogens is 226 g/mol. The second-order valence-corrected chi connectivity index (χ2v) is 3.29. The van der Waals surface area contributed by atoms with Crippen molar-refractivity contribution in [3.05, 3.63) is 28.3 Å². The number of hydrogen-bond donors (Lipinski definition) is 2. The third-order valence-electron chi connectivity index (χ3n) is 2.08. The first-order chi connectivity index (χ1) is 8.04. The maximum atomic E-state index is 10.6. The van der Waals surface area contributed by atoms with Crippen LogP contribution in [0.4, 0.5) is 11.4 Å². The van der Waals surface area contributed by atoms with Crippen molar-refractivity contribution in [1.29, 1.82) is 0 Å². The van der Waals surface area contributed by atoms with E-state index >= 15 is 0 Å². The average Bonchev–Trinajstić information content (AvgIpc) is 2.28. The first-order valence-electron chi connectivity index (χ1n) is 4.89. The minimum atomic E-state index is -0.522. The molecule has 0 saturated heterocycles. The number of benzene rings is 1. The maximum Gasteiger partial charge on any atom is 0.311 e. The van der Waals surface area contributed by atoms with Gasteiger partial charge < -0.3 is 15.8 Å². The highest BCUT2D eigenvalue weighted by atomic mass is 16.6. The van der Waals surface area contributed by atoms with Gasteiger partial charge in [-0.15, -0.1) is 0 Å². The maximum absolute atomic E-state index is 10.6. The molecule has 0 atom stereocenters. The van der Waals surface area contributed by atoms with E-state index in [1.54, 1.807) is 6.07 Å². The first-order valence-corrected chi connectivity index (χ1v) is 4.89. The molecule has 0 fully saturated rings. The highest BCUT2D eigenvalue weighted by Gasteiger charge is 2.14. The van der Waals surface area contributed by atoms with E-state index in [-0.39, 0.29) is 17.9 Å². The molecule has 0 radical (unpaired) electrons. The first kappa shape index (κ1) is 12.8. The van der Waals surface area contributed by atoms with Gasteiger partial charge in [-0.25, -0.2) is 0 Å². The van der Waals surface area contributed by atoms with E-state index in [9.17, 15) is 14.9 Å². The van der Waals surface area contributed by atoms with E-state index in [0.29, 0.717) is 12.2 Å². The van der Waals surface area contributed by atoms with Crippen molar-refractivity contribution in [2.45, 2.75) is 6.42 Å². The molecule has 1 aromatic carbocycles. The van der Waals surface area contributed by atoms with E-state index in [2.05, 4.69) is 5.32 Å².